The van der Waals surface area contributed by atoms with Gasteiger partial charge >= 0.3 is 0 Å². The van der Waals surface area contributed by atoms with Gasteiger partial charge in [0.05, 0.1) is 23.0 Å². The topological polar surface area (TPSA) is 59.9 Å². The van der Waals surface area contributed by atoms with Crippen LogP contribution in [0.3, 0.4) is 0 Å². The van der Waals surface area contributed by atoms with E-state index in [2.05, 4.69) is 20.3 Å². The van der Waals surface area contributed by atoms with E-state index in [0.717, 1.165) is 59.1 Å². The molecule has 7 heteroatoms. The predicted molar refractivity (Wildman–Crippen MR) is 84.3 cm³/mol. The van der Waals surface area contributed by atoms with E-state index < -0.39 is 0 Å². The van der Waals surface area contributed by atoms with Gasteiger partial charge in [-0.25, -0.2) is 15.0 Å². The molecule has 1 N–H and O–H groups in total. The molecule has 0 aromatic carbocycles. The molecule has 0 saturated carbocycles. The molecule has 0 bridgehead atoms. The number of hydrogen-bond donors (Lipinski definition) is 1. The van der Waals surface area contributed by atoms with Gasteiger partial charge in [-0.15, -0.1) is 11.3 Å². The summed E-state index contributed by atoms with van der Waals surface area (Å²) in [6.45, 7) is 4.28. The van der Waals surface area contributed by atoms with E-state index in [1.807, 2.05) is 13.0 Å². The molecule has 0 aliphatic carbocycles. The van der Waals surface area contributed by atoms with Crippen LogP contribution in [0, 0.1) is 6.92 Å². The highest BCUT2D eigenvalue weighted by atomic mass is 35.5. The first-order valence-corrected chi connectivity index (χ1v) is 8.17. The maximum absolute atomic E-state index is 6.02. The Morgan fingerprint density at radius 1 is 1.48 bits per heavy atom. The van der Waals surface area contributed by atoms with E-state index in [9.17, 15) is 0 Å². The molecule has 1 fully saturated rings. The summed E-state index contributed by atoms with van der Waals surface area (Å²) >= 11 is 7.56. The Labute approximate surface area is 132 Å². The molecule has 0 amide bonds. The maximum atomic E-state index is 6.02. The molecule has 2 aromatic heterocycles. The van der Waals surface area contributed by atoms with Crippen molar-refractivity contribution in [1.29, 1.82) is 0 Å². The average Bonchev–Trinajstić information content (AvgIpc) is 3.10. The van der Waals surface area contributed by atoms with E-state index in [1.165, 1.54) is 11.3 Å². The fraction of sp³-hybridized carbons (Fsp3) is 0.500. The molecule has 2 aromatic rings. The summed E-state index contributed by atoms with van der Waals surface area (Å²) in [5.74, 6) is 1.25. The van der Waals surface area contributed by atoms with Crippen LogP contribution in [0.15, 0.2) is 12.4 Å². The average molecular weight is 325 g/mol. The van der Waals surface area contributed by atoms with E-state index in [4.69, 9.17) is 16.3 Å². The first-order valence-electron chi connectivity index (χ1n) is 6.98. The van der Waals surface area contributed by atoms with Crippen LogP contribution in [0.5, 0.6) is 0 Å². The lowest BCUT2D eigenvalue weighted by Gasteiger charge is -2.09. The lowest BCUT2D eigenvalue weighted by Crippen LogP contribution is -2.08. The van der Waals surface area contributed by atoms with E-state index in [-0.39, 0.29) is 0 Å². The number of nitrogens with zero attached hydrogens (tertiary/aromatic N) is 3. The molecular weight excluding hydrogens is 308 g/mol. The van der Waals surface area contributed by atoms with Gasteiger partial charge in [0.25, 0.3) is 0 Å². The fourth-order valence-corrected chi connectivity index (χ4v) is 3.39. The van der Waals surface area contributed by atoms with Gasteiger partial charge in [-0.3, -0.25) is 0 Å². The smallest absolute Gasteiger partial charge is 0.129 e. The number of ether oxygens (including phenoxy) is 1. The van der Waals surface area contributed by atoms with Crippen LogP contribution in [0.4, 0.5) is 5.82 Å². The molecular formula is C14H17ClN4OS. The molecule has 21 heavy (non-hydrogen) atoms. The monoisotopic (exact) mass is 324 g/mol. The number of thiazole rings is 1. The van der Waals surface area contributed by atoms with Gasteiger partial charge in [0.1, 0.15) is 16.5 Å². The van der Waals surface area contributed by atoms with Crippen LogP contribution in [0.25, 0.3) is 0 Å². The zero-order valence-electron chi connectivity index (χ0n) is 11.8. The largest absolute Gasteiger partial charge is 0.381 e. The molecule has 1 aliphatic rings. The third-order valence-electron chi connectivity index (χ3n) is 3.47. The van der Waals surface area contributed by atoms with E-state index >= 15 is 0 Å². The first kappa shape index (κ1) is 14.7. The summed E-state index contributed by atoms with van der Waals surface area (Å²) in [5.41, 5.74) is 1.96. The van der Waals surface area contributed by atoms with E-state index in [1.54, 1.807) is 6.33 Å². The quantitative estimate of drug-likeness (QED) is 0.916. The van der Waals surface area contributed by atoms with Gasteiger partial charge in [0.2, 0.25) is 0 Å². The summed E-state index contributed by atoms with van der Waals surface area (Å²) < 4.78 is 6.18. The molecule has 1 atom stereocenters. The second kappa shape index (κ2) is 6.68. The minimum Gasteiger partial charge on any atom is -0.381 e. The molecule has 5 nitrogen and oxygen atoms in total. The Bertz CT molecular complexity index is 593. The maximum Gasteiger partial charge on any atom is 0.129 e. The van der Waals surface area contributed by atoms with Gasteiger partial charge in [-0.1, -0.05) is 11.6 Å². The van der Waals surface area contributed by atoms with Gasteiger partial charge in [0, 0.05) is 31.6 Å². The predicted octanol–water partition coefficient (Wildman–Crippen LogP) is 3.05. The Kier molecular flexibility index (Phi) is 4.67. The molecule has 3 heterocycles. The van der Waals surface area contributed by atoms with Gasteiger partial charge in [-0.2, -0.15) is 0 Å². The zero-order valence-corrected chi connectivity index (χ0v) is 13.4. The lowest BCUT2D eigenvalue weighted by molar-refractivity contribution is 0.193. The number of nitrogens with one attached hydrogen (secondary N) is 1. The minimum atomic E-state index is 0.397. The van der Waals surface area contributed by atoms with Gasteiger partial charge in [-0.05, 0) is 13.3 Å². The third-order valence-corrected chi connectivity index (χ3v) is 4.98. The lowest BCUT2D eigenvalue weighted by atomic mass is 10.1. The minimum absolute atomic E-state index is 0.397. The van der Waals surface area contributed by atoms with Crippen molar-refractivity contribution < 1.29 is 4.74 Å². The van der Waals surface area contributed by atoms with Crippen molar-refractivity contribution >= 4 is 28.8 Å². The van der Waals surface area contributed by atoms with Crippen molar-refractivity contribution in [2.45, 2.75) is 25.7 Å². The normalized spacial score (nSPS) is 18.1. The molecule has 0 radical (unpaired) electrons. The van der Waals surface area contributed by atoms with Crippen molar-refractivity contribution in [3.05, 3.63) is 33.1 Å². The van der Waals surface area contributed by atoms with Crippen molar-refractivity contribution in [2.24, 2.45) is 0 Å². The van der Waals surface area contributed by atoms with E-state index in [0.29, 0.717) is 5.92 Å². The second-order valence-electron chi connectivity index (χ2n) is 5.03. The standard InChI is InChI=1S/C14H17ClN4OS/c1-9-14(15)21-13(19-9)2-4-16-12-6-11(17-8-18-12)10-3-5-20-7-10/h6,8,10H,2-5,7H2,1H3,(H,16,17,18). The van der Waals surface area contributed by atoms with Crippen molar-refractivity contribution in [3.8, 4) is 0 Å². The summed E-state index contributed by atoms with van der Waals surface area (Å²) in [4.78, 5) is 13.0. The molecule has 0 spiro atoms. The molecule has 1 saturated heterocycles. The summed E-state index contributed by atoms with van der Waals surface area (Å²) in [6.07, 6.45) is 3.48. The highest BCUT2D eigenvalue weighted by molar-refractivity contribution is 7.16. The van der Waals surface area contributed by atoms with Crippen LogP contribution in [-0.2, 0) is 11.2 Å². The highest BCUT2D eigenvalue weighted by Gasteiger charge is 2.19. The van der Waals surface area contributed by atoms with Crippen LogP contribution in [-0.4, -0.2) is 34.7 Å². The van der Waals surface area contributed by atoms with Crippen molar-refractivity contribution in [1.82, 2.24) is 15.0 Å². The Morgan fingerprint density at radius 3 is 3.10 bits per heavy atom. The second-order valence-corrected chi connectivity index (χ2v) is 6.72. The summed E-state index contributed by atoms with van der Waals surface area (Å²) in [6, 6.07) is 2.01. The molecule has 1 aliphatic heterocycles. The number of rotatable bonds is 5. The van der Waals surface area contributed by atoms with Crippen LogP contribution in [0.2, 0.25) is 4.34 Å². The summed E-state index contributed by atoms with van der Waals surface area (Å²) in [5, 5.41) is 4.36. The fourth-order valence-electron chi connectivity index (χ4n) is 2.30. The highest BCUT2D eigenvalue weighted by Crippen LogP contribution is 2.25. The third kappa shape index (κ3) is 3.70. The Morgan fingerprint density at radius 2 is 2.38 bits per heavy atom. The molecule has 1 unspecified atom stereocenters. The zero-order chi connectivity index (χ0) is 14.7. The van der Waals surface area contributed by atoms with Crippen molar-refractivity contribution in [3.63, 3.8) is 0 Å². The number of hydrogen-bond acceptors (Lipinski definition) is 6. The van der Waals surface area contributed by atoms with Gasteiger partial charge < -0.3 is 10.1 Å². The first-order chi connectivity index (χ1) is 10.2. The SMILES string of the molecule is Cc1nc(CCNc2cc(C3CCOC3)ncn2)sc1Cl. The van der Waals surface area contributed by atoms with Crippen LogP contribution in [0.1, 0.15) is 28.7 Å². The number of anilines is 1. The van der Waals surface area contributed by atoms with Crippen molar-refractivity contribution in [2.75, 3.05) is 25.1 Å². The molecule has 3 rings (SSSR count). The number of aryl methyl sites for hydroxylation is 1. The van der Waals surface area contributed by atoms with Crippen LogP contribution >= 0.6 is 22.9 Å². The van der Waals surface area contributed by atoms with Crippen LogP contribution < -0.4 is 5.32 Å². The Hall–Kier alpha value is -1.24. The Balaban J connectivity index is 1.56. The number of aromatic nitrogens is 3. The van der Waals surface area contributed by atoms with Gasteiger partial charge in [0.15, 0.2) is 0 Å². The molecule has 112 valence electrons. The number of halogens is 1. The summed E-state index contributed by atoms with van der Waals surface area (Å²) in [7, 11) is 0.